The fourth-order valence-electron chi connectivity index (χ4n) is 4.87. The van der Waals surface area contributed by atoms with Crippen molar-refractivity contribution in [3.63, 3.8) is 0 Å². The lowest BCUT2D eigenvalue weighted by molar-refractivity contribution is 0.101. The highest BCUT2D eigenvalue weighted by molar-refractivity contribution is 6.07. The quantitative estimate of drug-likeness (QED) is 0.165. The maximum absolute atomic E-state index is 13.2. The number of carbonyl (C=O) groups excluding carboxylic acids is 2. The second-order valence-corrected chi connectivity index (χ2v) is 10.5. The fraction of sp³-hybridized carbons (Fsp3) is 0.0541. The number of aromatic nitrogens is 3. The number of rotatable bonds is 8. The molecule has 0 bridgehead atoms. The van der Waals surface area contributed by atoms with Gasteiger partial charge in [-0.1, -0.05) is 72.8 Å². The van der Waals surface area contributed by atoms with Crippen LogP contribution >= 0.6 is 0 Å². The van der Waals surface area contributed by atoms with E-state index in [4.69, 9.17) is 4.98 Å². The molecular weight excluding hydrogens is 560 g/mol. The molecule has 45 heavy (non-hydrogen) atoms. The Bertz CT molecular complexity index is 1990. The summed E-state index contributed by atoms with van der Waals surface area (Å²) in [7, 11) is 0. The van der Waals surface area contributed by atoms with E-state index in [1.807, 2.05) is 105 Å². The van der Waals surface area contributed by atoms with E-state index in [9.17, 15) is 9.59 Å². The number of amides is 2. The van der Waals surface area contributed by atoms with Crippen LogP contribution < -0.4 is 16.0 Å². The van der Waals surface area contributed by atoms with E-state index in [2.05, 4.69) is 25.9 Å². The Morgan fingerprint density at radius 3 is 2.13 bits per heavy atom. The third-order valence-electron chi connectivity index (χ3n) is 7.33. The van der Waals surface area contributed by atoms with Crippen LogP contribution in [0, 0.1) is 13.8 Å². The average Bonchev–Trinajstić information content (AvgIpc) is 3.07. The number of nitrogens with zero attached hydrogens (tertiary/aromatic N) is 3. The number of anilines is 4. The Balaban J connectivity index is 1.12. The summed E-state index contributed by atoms with van der Waals surface area (Å²) < 4.78 is 0. The van der Waals surface area contributed by atoms with Gasteiger partial charge in [-0.15, -0.1) is 0 Å². The molecule has 0 aliphatic heterocycles. The number of carbonyl (C=O) groups is 2. The first-order valence-electron chi connectivity index (χ1n) is 14.4. The molecule has 0 atom stereocenters. The van der Waals surface area contributed by atoms with Crippen LogP contribution in [0.3, 0.4) is 0 Å². The van der Waals surface area contributed by atoms with Gasteiger partial charge in [0.25, 0.3) is 11.8 Å². The highest BCUT2D eigenvalue weighted by atomic mass is 16.2. The van der Waals surface area contributed by atoms with Crippen molar-refractivity contribution < 1.29 is 9.59 Å². The number of benzene rings is 4. The zero-order chi connectivity index (χ0) is 31.2. The van der Waals surface area contributed by atoms with Crippen LogP contribution in [0.15, 0.2) is 128 Å². The van der Waals surface area contributed by atoms with E-state index in [1.165, 1.54) is 12.4 Å². The standard InChI is InChI=1S/C37H30N6O2/c1-24-8-6-7-11-32(24)33-18-19-39-37(42-33)43-34-21-30(17-12-25(34)2)40-36(45)29-20-31(23-38-22-29)41-35(44)28-15-13-27(14-16-28)26-9-4-3-5-10-26/h3-23H,1-2H3,(H,40,45)(H,41,44)(H,39,42,43). The highest BCUT2D eigenvalue weighted by Crippen LogP contribution is 2.26. The lowest BCUT2D eigenvalue weighted by atomic mass is 10.0. The zero-order valence-electron chi connectivity index (χ0n) is 24.8. The summed E-state index contributed by atoms with van der Waals surface area (Å²) in [6.45, 7) is 4.01. The Hall–Kier alpha value is -6.15. The van der Waals surface area contributed by atoms with Crippen LogP contribution in [0.2, 0.25) is 0 Å². The van der Waals surface area contributed by atoms with Gasteiger partial charge in [-0.3, -0.25) is 14.6 Å². The molecule has 0 fully saturated rings. The molecule has 8 nitrogen and oxygen atoms in total. The number of pyridine rings is 1. The lowest BCUT2D eigenvalue weighted by Crippen LogP contribution is -2.15. The summed E-state index contributed by atoms with van der Waals surface area (Å²) in [5.74, 6) is -0.208. The molecule has 6 rings (SSSR count). The van der Waals surface area contributed by atoms with Crippen LogP contribution in [0.4, 0.5) is 23.0 Å². The first-order chi connectivity index (χ1) is 21.9. The van der Waals surface area contributed by atoms with Gasteiger partial charge in [0.05, 0.1) is 23.1 Å². The van der Waals surface area contributed by atoms with Gasteiger partial charge in [-0.2, -0.15) is 0 Å². The van der Waals surface area contributed by atoms with Gasteiger partial charge in [0.15, 0.2) is 0 Å². The molecule has 220 valence electrons. The van der Waals surface area contributed by atoms with E-state index in [0.29, 0.717) is 28.5 Å². The smallest absolute Gasteiger partial charge is 0.257 e. The Kier molecular flexibility index (Phi) is 8.37. The van der Waals surface area contributed by atoms with Gasteiger partial charge >= 0.3 is 0 Å². The normalized spacial score (nSPS) is 10.6. The summed E-state index contributed by atoms with van der Waals surface area (Å²) in [5.41, 5.74) is 8.58. The molecule has 3 N–H and O–H groups in total. The third kappa shape index (κ3) is 6.92. The molecule has 0 spiro atoms. The minimum Gasteiger partial charge on any atom is -0.324 e. The van der Waals surface area contributed by atoms with Crippen molar-refractivity contribution >= 4 is 34.8 Å². The van der Waals surface area contributed by atoms with Crippen molar-refractivity contribution in [1.29, 1.82) is 0 Å². The molecule has 0 saturated carbocycles. The molecule has 2 amide bonds. The molecule has 8 heteroatoms. The molecule has 2 heterocycles. The predicted octanol–water partition coefficient (Wildman–Crippen LogP) is 8.07. The molecule has 2 aromatic heterocycles. The fourth-order valence-corrected chi connectivity index (χ4v) is 4.87. The molecule has 0 radical (unpaired) electrons. The van der Waals surface area contributed by atoms with Gasteiger partial charge in [0.1, 0.15) is 0 Å². The molecule has 0 aliphatic carbocycles. The van der Waals surface area contributed by atoms with Gasteiger partial charge in [0.2, 0.25) is 5.95 Å². The molecule has 0 saturated heterocycles. The molecular formula is C37H30N6O2. The highest BCUT2D eigenvalue weighted by Gasteiger charge is 2.13. The van der Waals surface area contributed by atoms with Crippen molar-refractivity contribution in [3.8, 4) is 22.4 Å². The van der Waals surface area contributed by atoms with Crippen LogP contribution in [0.1, 0.15) is 31.8 Å². The van der Waals surface area contributed by atoms with Gasteiger partial charge in [-0.25, -0.2) is 9.97 Å². The monoisotopic (exact) mass is 590 g/mol. The van der Waals surface area contributed by atoms with Gasteiger partial charge in [-0.05, 0) is 72.5 Å². The van der Waals surface area contributed by atoms with Crippen LogP contribution in [0.25, 0.3) is 22.4 Å². The number of aryl methyl sites for hydroxylation is 2. The molecule has 4 aromatic carbocycles. The SMILES string of the molecule is Cc1ccc(NC(=O)c2cncc(NC(=O)c3ccc(-c4ccccc4)cc3)c2)cc1Nc1nccc(-c2ccccc2C)n1. The number of nitrogens with one attached hydrogen (secondary N) is 3. The second-order valence-electron chi connectivity index (χ2n) is 10.5. The molecule has 0 unspecified atom stereocenters. The number of hydrogen-bond donors (Lipinski definition) is 3. The van der Waals surface area contributed by atoms with Crippen LogP contribution in [-0.4, -0.2) is 26.8 Å². The lowest BCUT2D eigenvalue weighted by Gasteiger charge is -2.13. The third-order valence-corrected chi connectivity index (χ3v) is 7.33. The summed E-state index contributed by atoms with van der Waals surface area (Å²) in [6, 6.07) is 34.4. The molecule has 6 aromatic rings. The first-order valence-corrected chi connectivity index (χ1v) is 14.4. The first kappa shape index (κ1) is 28.9. The maximum atomic E-state index is 13.2. The maximum Gasteiger partial charge on any atom is 0.257 e. The van der Waals surface area contributed by atoms with Crippen molar-refractivity contribution in [2.24, 2.45) is 0 Å². The van der Waals surface area contributed by atoms with Crippen molar-refractivity contribution in [2.75, 3.05) is 16.0 Å². The Morgan fingerprint density at radius 1 is 0.622 bits per heavy atom. The van der Waals surface area contributed by atoms with Gasteiger partial charge < -0.3 is 16.0 Å². The van der Waals surface area contributed by atoms with E-state index >= 15 is 0 Å². The van der Waals surface area contributed by atoms with E-state index in [0.717, 1.165) is 39.2 Å². The minimum atomic E-state index is -0.363. The topological polar surface area (TPSA) is 109 Å². The largest absolute Gasteiger partial charge is 0.324 e. The molecule has 0 aliphatic rings. The van der Waals surface area contributed by atoms with Crippen molar-refractivity contribution in [1.82, 2.24) is 15.0 Å². The Morgan fingerprint density at radius 2 is 1.33 bits per heavy atom. The summed E-state index contributed by atoms with van der Waals surface area (Å²) in [6.07, 6.45) is 4.68. The summed E-state index contributed by atoms with van der Waals surface area (Å²) in [4.78, 5) is 39.3. The van der Waals surface area contributed by atoms with E-state index < -0.39 is 0 Å². The van der Waals surface area contributed by atoms with Gasteiger partial charge in [0, 0.05) is 34.9 Å². The zero-order valence-corrected chi connectivity index (χ0v) is 24.8. The average molecular weight is 591 g/mol. The summed E-state index contributed by atoms with van der Waals surface area (Å²) >= 11 is 0. The second kappa shape index (κ2) is 13.0. The van der Waals surface area contributed by atoms with Crippen molar-refractivity contribution in [3.05, 3.63) is 150 Å². The Labute approximate surface area is 261 Å². The van der Waals surface area contributed by atoms with E-state index in [-0.39, 0.29) is 11.8 Å². The predicted molar refractivity (Wildman–Crippen MR) is 179 cm³/mol. The minimum absolute atomic E-state index is 0.295. The van der Waals surface area contributed by atoms with Crippen molar-refractivity contribution in [2.45, 2.75) is 13.8 Å². The van der Waals surface area contributed by atoms with Crippen LogP contribution in [-0.2, 0) is 0 Å². The van der Waals surface area contributed by atoms with E-state index in [1.54, 1.807) is 24.4 Å². The van der Waals surface area contributed by atoms with Crippen LogP contribution in [0.5, 0.6) is 0 Å². The number of hydrogen-bond acceptors (Lipinski definition) is 6. The summed E-state index contributed by atoms with van der Waals surface area (Å²) in [5, 5.41) is 9.03.